The lowest BCUT2D eigenvalue weighted by Crippen LogP contribution is -2.40. The summed E-state index contributed by atoms with van der Waals surface area (Å²) in [6.45, 7) is 13.1. The van der Waals surface area contributed by atoms with Crippen molar-refractivity contribution < 1.29 is 19.4 Å². The van der Waals surface area contributed by atoms with Crippen LogP contribution in [-0.4, -0.2) is 25.3 Å². The van der Waals surface area contributed by atoms with Crippen molar-refractivity contribution in [1.29, 1.82) is 0 Å². The predicted molar refractivity (Wildman–Crippen MR) is 130 cm³/mol. The predicted octanol–water partition coefficient (Wildman–Crippen LogP) is 7.25. The Hall–Kier alpha value is -1.97. The summed E-state index contributed by atoms with van der Waals surface area (Å²) in [4.78, 5) is 12.8. The van der Waals surface area contributed by atoms with Gasteiger partial charge in [-0.25, -0.2) is 0 Å². The molecular weight excluding hydrogens is 400 g/mol. The van der Waals surface area contributed by atoms with Gasteiger partial charge in [0.25, 0.3) is 0 Å². The van der Waals surface area contributed by atoms with Gasteiger partial charge in [0.05, 0.1) is 25.2 Å². The van der Waals surface area contributed by atoms with Gasteiger partial charge in [0, 0.05) is 0 Å². The minimum Gasteiger partial charge on any atom is -0.496 e. The highest BCUT2D eigenvalue weighted by Gasteiger charge is 2.67. The molecule has 2 atom stereocenters. The maximum atomic E-state index is 12.8. The molecule has 0 amide bonds. The Morgan fingerprint density at radius 2 is 1.72 bits per heavy atom. The summed E-state index contributed by atoms with van der Waals surface area (Å²) in [5.41, 5.74) is 2.81. The van der Waals surface area contributed by atoms with Crippen LogP contribution in [0.25, 0.3) is 5.57 Å². The number of ether oxygens (including phenoxy) is 2. The van der Waals surface area contributed by atoms with Crippen LogP contribution in [0.15, 0.2) is 17.7 Å². The largest absolute Gasteiger partial charge is 0.496 e. The van der Waals surface area contributed by atoms with Crippen LogP contribution in [0.4, 0.5) is 0 Å². The van der Waals surface area contributed by atoms with Gasteiger partial charge in [-0.3, -0.25) is 4.79 Å². The van der Waals surface area contributed by atoms with Gasteiger partial charge < -0.3 is 14.6 Å². The van der Waals surface area contributed by atoms with Gasteiger partial charge in [-0.2, -0.15) is 0 Å². The molecule has 3 rings (SSSR count). The number of carboxylic acids is 1. The molecule has 4 heteroatoms. The minimum atomic E-state index is -0.917. The first-order chi connectivity index (χ1) is 15.0. The van der Waals surface area contributed by atoms with E-state index in [0.29, 0.717) is 6.42 Å². The monoisotopic (exact) mass is 442 g/mol. The van der Waals surface area contributed by atoms with Crippen molar-refractivity contribution >= 4 is 11.5 Å². The van der Waals surface area contributed by atoms with Gasteiger partial charge in [0.2, 0.25) is 0 Å². The third-order valence-electron chi connectivity index (χ3n) is 8.68. The molecule has 1 aromatic carbocycles. The van der Waals surface area contributed by atoms with Crippen LogP contribution in [0.5, 0.6) is 11.5 Å². The Morgan fingerprint density at radius 1 is 1.12 bits per heavy atom. The number of benzene rings is 1. The second kappa shape index (κ2) is 8.76. The lowest BCUT2D eigenvalue weighted by Gasteiger charge is -2.38. The van der Waals surface area contributed by atoms with Gasteiger partial charge in [-0.05, 0) is 66.2 Å². The third-order valence-corrected chi connectivity index (χ3v) is 8.68. The topological polar surface area (TPSA) is 55.8 Å². The number of methoxy groups -OCH3 is 2. The van der Waals surface area contributed by atoms with Gasteiger partial charge in [0.15, 0.2) is 0 Å². The molecule has 0 spiro atoms. The summed E-state index contributed by atoms with van der Waals surface area (Å²) in [5, 5.41) is 10.5. The van der Waals surface area contributed by atoms with E-state index in [9.17, 15) is 9.90 Å². The van der Waals surface area contributed by atoms with E-state index in [-0.39, 0.29) is 16.7 Å². The Kier molecular flexibility index (Phi) is 6.75. The fourth-order valence-corrected chi connectivity index (χ4v) is 6.64. The zero-order valence-electron chi connectivity index (χ0n) is 21.4. The fourth-order valence-electron chi connectivity index (χ4n) is 6.64. The zero-order chi connectivity index (χ0) is 23.9. The van der Waals surface area contributed by atoms with E-state index in [1.807, 2.05) is 0 Å². The number of allylic oxidation sites excluding steroid dienone is 1. The smallest absolute Gasteiger partial charge is 0.314 e. The fraction of sp³-hybridized carbons (Fsp3) is 0.679. The first-order valence-corrected chi connectivity index (χ1v) is 12.2. The summed E-state index contributed by atoms with van der Waals surface area (Å²) in [5.74, 6) is 0.970. The van der Waals surface area contributed by atoms with E-state index in [2.05, 4.69) is 53.7 Å². The Morgan fingerprint density at radius 3 is 2.22 bits per heavy atom. The molecule has 178 valence electrons. The van der Waals surface area contributed by atoms with Crippen LogP contribution in [0.1, 0.15) is 97.6 Å². The maximum Gasteiger partial charge on any atom is 0.314 e. The van der Waals surface area contributed by atoms with E-state index in [0.717, 1.165) is 35.5 Å². The summed E-state index contributed by atoms with van der Waals surface area (Å²) >= 11 is 0. The standard InChI is InChI=1S/C28H42O4/c1-9-10-11-12-14-26(3,4)19-16-21(31-7)23(22(17-19)32-8)24-18(2)20-13-15-28(24,25(29)30)27(20,5)6/h16-17,20H,9-15H2,1-8H3,(H,29,30)/t20-,28+/m1/s1. The van der Waals surface area contributed by atoms with Crippen LogP contribution >= 0.6 is 0 Å². The average molecular weight is 443 g/mol. The average Bonchev–Trinajstić information content (AvgIpc) is 3.11. The van der Waals surface area contributed by atoms with Crippen molar-refractivity contribution in [2.75, 3.05) is 14.2 Å². The van der Waals surface area contributed by atoms with Crippen molar-refractivity contribution in [2.45, 2.75) is 91.9 Å². The van der Waals surface area contributed by atoms with Crippen molar-refractivity contribution in [3.8, 4) is 11.5 Å². The molecule has 1 saturated carbocycles. The van der Waals surface area contributed by atoms with Gasteiger partial charge >= 0.3 is 5.97 Å². The highest BCUT2D eigenvalue weighted by Crippen LogP contribution is 2.71. The number of fused-ring (bicyclic) bond motifs is 2. The van der Waals surface area contributed by atoms with Crippen molar-refractivity contribution in [3.63, 3.8) is 0 Å². The molecule has 2 aliphatic carbocycles. The highest BCUT2D eigenvalue weighted by molar-refractivity contribution is 5.99. The lowest BCUT2D eigenvalue weighted by atomic mass is 9.64. The lowest BCUT2D eigenvalue weighted by molar-refractivity contribution is -0.149. The van der Waals surface area contributed by atoms with Crippen molar-refractivity contribution in [1.82, 2.24) is 0 Å². The van der Waals surface area contributed by atoms with Gasteiger partial charge in [0.1, 0.15) is 11.5 Å². The third kappa shape index (κ3) is 3.54. The number of carbonyl (C=O) groups is 1. The maximum absolute atomic E-state index is 12.8. The normalized spacial score (nSPS) is 24.2. The van der Waals surface area contributed by atoms with Crippen molar-refractivity contribution in [2.24, 2.45) is 16.7 Å². The molecule has 0 heterocycles. The second-order valence-corrected chi connectivity index (χ2v) is 11.0. The number of hydrogen-bond acceptors (Lipinski definition) is 3. The highest BCUT2D eigenvalue weighted by atomic mass is 16.5. The molecule has 1 fully saturated rings. The van der Waals surface area contributed by atoms with Crippen LogP contribution in [0, 0.1) is 16.7 Å². The number of rotatable bonds is 10. The SMILES string of the molecule is CCCCCCC(C)(C)c1cc(OC)c(C2=C(C)[C@H]3CC[C@]2(C(=O)O)C3(C)C)c(OC)c1. The van der Waals surface area contributed by atoms with Crippen LogP contribution < -0.4 is 9.47 Å². The van der Waals surface area contributed by atoms with Crippen LogP contribution in [-0.2, 0) is 10.2 Å². The molecule has 32 heavy (non-hydrogen) atoms. The quantitative estimate of drug-likeness (QED) is 0.388. The van der Waals surface area contributed by atoms with Crippen molar-refractivity contribution in [3.05, 3.63) is 28.8 Å². The Labute approximate surface area is 194 Å². The van der Waals surface area contributed by atoms with E-state index < -0.39 is 11.4 Å². The molecule has 0 aliphatic heterocycles. The van der Waals surface area contributed by atoms with E-state index in [4.69, 9.17) is 9.47 Å². The van der Waals surface area contributed by atoms with Gasteiger partial charge in [-0.15, -0.1) is 0 Å². The molecule has 0 radical (unpaired) electrons. The van der Waals surface area contributed by atoms with E-state index >= 15 is 0 Å². The van der Waals surface area contributed by atoms with Crippen LogP contribution in [0.2, 0.25) is 0 Å². The van der Waals surface area contributed by atoms with E-state index in [1.54, 1.807) is 14.2 Å². The Bertz CT molecular complexity index is 883. The molecule has 0 saturated heterocycles. The summed E-state index contributed by atoms with van der Waals surface area (Å²) in [6.07, 6.45) is 7.60. The molecule has 1 aromatic rings. The minimum absolute atomic E-state index is 0.0192. The summed E-state index contributed by atoms with van der Waals surface area (Å²) in [7, 11) is 3.36. The molecule has 0 aromatic heterocycles. The molecular formula is C28H42O4. The molecule has 0 unspecified atom stereocenters. The first kappa shape index (κ1) is 24.7. The molecule has 2 bridgehead atoms. The number of aliphatic carboxylic acids is 1. The summed E-state index contributed by atoms with van der Waals surface area (Å²) in [6, 6.07) is 4.24. The molecule has 4 nitrogen and oxygen atoms in total. The van der Waals surface area contributed by atoms with Crippen LogP contribution in [0.3, 0.4) is 0 Å². The molecule has 2 aliphatic rings. The van der Waals surface area contributed by atoms with E-state index in [1.165, 1.54) is 36.8 Å². The zero-order valence-corrected chi connectivity index (χ0v) is 21.4. The summed E-state index contributed by atoms with van der Waals surface area (Å²) < 4.78 is 11.8. The van der Waals surface area contributed by atoms with Gasteiger partial charge in [-0.1, -0.05) is 65.9 Å². The number of unbranched alkanes of at least 4 members (excludes halogenated alkanes) is 3. The number of carboxylic acid groups (broad SMARTS) is 1. The molecule has 1 N–H and O–H groups in total. The first-order valence-electron chi connectivity index (χ1n) is 12.2. The number of hydrogen-bond donors (Lipinski definition) is 1. The Balaban J connectivity index is 2.14. The second-order valence-electron chi connectivity index (χ2n) is 11.0.